The molecule has 0 aliphatic heterocycles. The molecule has 0 saturated heterocycles. The zero-order chi connectivity index (χ0) is 26.4. The molecule has 4 aromatic carbocycles. The van der Waals surface area contributed by atoms with Gasteiger partial charge < -0.3 is 14.9 Å². The minimum atomic E-state index is -0.328. The second-order valence-corrected chi connectivity index (χ2v) is 8.02. The molecule has 11 heteroatoms. The topological polar surface area (TPSA) is 115 Å². The number of anilines is 3. The van der Waals surface area contributed by atoms with E-state index in [4.69, 9.17) is 14.5 Å². The van der Waals surface area contributed by atoms with Crippen molar-refractivity contribution in [1.29, 1.82) is 0 Å². The fraction of sp³-hybridized carbons (Fsp3) is 0.154. The fourth-order valence-electron chi connectivity index (χ4n) is 3.55. The van der Waals surface area contributed by atoms with Crippen LogP contribution in [0, 0.1) is 5.21 Å². The number of hydrogen-bond donors (Lipinski definition) is 3. The number of benzene rings is 4. The van der Waals surface area contributed by atoms with E-state index in [1.807, 2.05) is 24.3 Å². The molecule has 1 atom stereocenters. The Balaban J connectivity index is 1.41. The molecular weight excluding hydrogens is 480 g/mol. The van der Waals surface area contributed by atoms with E-state index in [1.54, 1.807) is 72.8 Å². The van der Waals surface area contributed by atoms with Gasteiger partial charge in [0.2, 0.25) is 0 Å². The van der Waals surface area contributed by atoms with Crippen LogP contribution < -0.4 is 30.4 Å². The largest absolute Gasteiger partial charge is 0.600 e. The summed E-state index contributed by atoms with van der Waals surface area (Å²) in [5, 5.41) is 35.9. The van der Waals surface area contributed by atoms with Gasteiger partial charge in [0.1, 0.15) is 12.2 Å². The second kappa shape index (κ2) is 11.8. The third-order valence-electron chi connectivity index (χ3n) is 5.56. The molecule has 0 aliphatic carbocycles. The summed E-state index contributed by atoms with van der Waals surface area (Å²) < 4.78 is 0. The van der Waals surface area contributed by atoms with Crippen LogP contribution in [0.2, 0.25) is 0 Å². The number of hydrogen-bond acceptors (Lipinski definition) is 10. The highest BCUT2D eigenvalue weighted by Gasteiger charge is 2.10. The van der Waals surface area contributed by atoms with Crippen molar-refractivity contribution in [2.75, 3.05) is 36.8 Å². The second-order valence-electron chi connectivity index (χ2n) is 8.02. The summed E-state index contributed by atoms with van der Waals surface area (Å²) in [6.45, 7) is 0.162. The van der Waals surface area contributed by atoms with Gasteiger partial charge in [-0.3, -0.25) is 15.3 Å². The van der Waals surface area contributed by atoms with E-state index >= 15 is 0 Å². The Labute approximate surface area is 213 Å². The van der Waals surface area contributed by atoms with Gasteiger partial charge in [0.05, 0.1) is 25.6 Å². The van der Waals surface area contributed by atoms with Crippen LogP contribution in [-0.4, -0.2) is 31.7 Å². The first-order valence-electron chi connectivity index (χ1n) is 11.3. The smallest absolute Gasteiger partial charge is 0.158 e. The highest BCUT2D eigenvalue weighted by Crippen LogP contribution is 2.28. The lowest BCUT2D eigenvalue weighted by atomic mass is 10.1. The maximum absolute atomic E-state index is 11.4. The summed E-state index contributed by atoms with van der Waals surface area (Å²) >= 11 is 0. The molecule has 37 heavy (non-hydrogen) atoms. The number of rotatable bonds is 11. The van der Waals surface area contributed by atoms with E-state index in [9.17, 15) is 15.6 Å². The minimum absolute atomic E-state index is 0.162. The Morgan fingerprint density at radius 1 is 0.703 bits per heavy atom. The Morgan fingerprint density at radius 3 is 1.86 bits per heavy atom. The van der Waals surface area contributed by atoms with Crippen molar-refractivity contribution in [3.8, 4) is 11.5 Å². The average Bonchev–Trinajstić information content (AvgIpc) is 2.93. The average molecular weight is 509 g/mol. The normalized spacial score (nSPS) is 11.7. The highest BCUT2D eigenvalue weighted by atomic mass is 16.9. The number of nitrogens with one attached hydrogen (secondary N) is 1. The molecule has 0 fully saturated rings. The number of quaternary nitrogens is 1. The molecule has 0 radical (unpaired) electrons. The van der Waals surface area contributed by atoms with Crippen molar-refractivity contribution in [2.24, 2.45) is 0 Å². The van der Waals surface area contributed by atoms with Crippen LogP contribution in [0.1, 0.15) is 5.56 Å². The quantitative estimate of drug-likeness (QED) is 0.259. The zero-order valence-corrected chi connectivity index (χ0v) is 20.6. The Morgan fingerprint density at radius 2 is 1.24 bits per heavy atom. The van der Waals surface area contributed by atoms with E-state index < -0.39 is 0 Å². The number of nitrogens with zero attached hydrogens (tertiary/aromatic N) is 3. The molecule has 0 saturated carbocycles. The van der Waals surface area contributed by atoms with Gasteiger partial charge in [0.15, 0.2) is 11.5 Å². The molecule has 4 aromatic rings. The maximum atomic E-state index is 11.4. The van der Waals surface area contributed by atoms with E-state index in [2.05, 4.69) is 4.84 Å². The molecule has 0 aromatic heterocycles. The van der Waals surface area contributed by atoms with E-state index in [0.717, 1.165) is 22.0 Å². The van der Waals surface area contributed by atoms with Crippen LogP contribution in [0.15, 0.2) is 84.9 Å². The molecule has 4 rings (SSSR count). The van der Waals surface area contributed by atoms with E-state index in [1.165, 1.54) is 14.2 Å². The van der Waals surface area contributed by atoms with Gasteiger partial charge in [-0.05, 0) is 83.6 Å². The third-order valence-corrected chi connectivity index (χ3v) is 5.56. The highest BCUT2D eigenvalue weighted by molar-refractivity contribution is 5.88. The summed E-state index contributed by atoms with van der Waals surface area (Å²) in [7, 11) is 4.49. The summed E-state index contributed by atoms with van der Waals surface area (Å²) in [4.78, 5) is 20.8. The van der Waals surface area contributed by atoms with Gasteiger partial charge >= 0.3 is 0 Å². The van der Waals surface area contributed by atoms with Crippen molar-refractivity contribution in [2.45, 2.75) is 6.54 Å². The maximum Gasteiger partial charge on any atom is 0.158 e. The molecule has 11 nitrogen and oxygen atoms in total. The van der Waals surface area contributed by atoms with Crippen LogP contribution in [0.4, 0.5) is 17.1 Å². The van der Waals surface area contributed by atoms with Crippen LogP contribution >= 0.6 is 0 Å². The molecule has 3 N–H and O–H groups in total. The van der Waals surface area contributed by atoms with Crippen molar-refractivity contribution in [1.82, 2.24) is 0 Å². The van der Waals surface area contributed by atoms with Crippen molar-refractivity contribution < 1.29 is 35.0 Å². The first-order valence-corrected chi connectivity index (χ1v) is 11.3. The predicted octanol–water partition coefficient (Wildman–Crippen LogP) is 3.66. The first-order chi connectivity index (χ1) is 17.9. The summed E-state index contributed by atoms with van der Waals surface area (Å²) in [5.74, 6) is 0.991. The molecule has 0 heterocycles. The first kappa shape index (κ1) is 26.0. The van der Waals surface area contributed by atoms with Crippen molar-refractivity contribution in [3.63, 3.8) is 0 Å². The van der Waals surface area contributed by atoms with Crippen molar-refractivity contribution >= 4 is 27.8 Å². The summed E-state index contributed by atoms with van der Waals surface area (Å²) in [6, 6.07) is 24.7. The molecular formula is C26H28N4O7. The lowest BCUT2D eigenvalue weighted by molar-refractivity contribution is -1.06. The SMILES string of the molecule is CON(O)c1ccc(ON(C)c2ccc3cc(N(O)Oc4ccc(C[NH+]([O-])OC)cc4)ccc3c2)cc1. The standard InChI is InChI=1S/C26H28N4O7/c1-27(36-25-14-10-22(11-15-25)29(32)35-3)23-8-6-21-17-24(9-7-20(21)16-23)30(33)37-26-12-4-19(5-13-26)18-28(31)34-2/h4-17,28,32-33H,18H2,1-3H3. The summed E-state index contributed by atoms with van der Waals surface area (Å²) in [6.07, 6.45) is 0. The molecule has 194 valence electrons. The molecule has 0 amide bonds. The predicted molar refractivity (Wildman–Crippen MR) is 137 cm³/mol. The number of hydroxylamine groups is 3. The molecule has 0 aliphatic rings. The van der Waals surface area contributed by atoms with Crippen LogP contribution in [0.3, 0.4) is 0 Å². The minimum Gasteiger partial charge on any atom is -0.600 e. The van der Waals surface area contributed by atoms with Gasteiger partial charge in [-0.15, -0.1) is 5.23 Å². The van der Waals surface area contributed by atoms with Gasteiger partial charge in [0, 0.05) is 12.6 Å². The van der Waals surface area contributed by atoms with Crippen molar-refractivity contribution in [3.05, 3.63) is 95.7 Å². The van der Waals surface area contributed by atoms with Crippen LogP contribution in [0.25, 0.3) is 10.8 Å². The molecule has 1 unspecified atom stereocenters. The zero-order valence-electron chi connectivity index (χ0n) is 20.6. The molecule has 0 bridgehead atoms. The lowest BCUT2D eigenvalue weighted by Gasteiger charge is -2.21. The Bertz CT molecular complexity index is 1300. The summed E-state index contributed by atoms with van der Waals surface area (Å²) in [5.41, 5.74) is 2.50. The monoisotopic (exact) mass is 508 g/mol. The third kappa shape index (κ3) is 6.57. The van der Waals surface area contributed by atoms with Crippen LogP contribution in [-0.2, 0) is 16.2 Å². The van der Waals surface area contributed by atoms with Gasteiger partial charge in [0.25, 0.3) is 0 Å². The van der Waals surface area contributed by atoms with E-state index in [-0.39, 0.29) is 11.8 Å². The van der Waals surface area contributed by atoms with Crippen LogP contribution in [0.5, 0.6) is 11.5 Å². The molecule has 0 spiro atoms. The fourth-order valence-corrected chi connectivity index (χ4v) is 3.55. The Hall–Kier alpha value is -4.10. The number of fused-ring (bicyclic) bond motifs is 1. The van der Waals surface area contributed by atoms with Gasteiger partial charge in [-0.1, -0.05) is 17.4 Å². The lowest BCUT2D eigenvalue weighted by Crippen LogP contribution is -3.04. The Kier molecular flexibility index (Phi) is 8.25. The van der Waals surface area contributed by atoms with E-state index in [0.29, 0.717) is 33.3 Å². The van der Waals surface area contributed by atoms with Gasteiger partial charge in [-0.25, -0.2) is 15.1 Å². The van der Waals surface area contributed by atoms with Gasteiger partial charge in [-0.2, -0.15) is 0 Å².